The molecule has 1 saturated heterocycles. The number of nitrogens with zero attached hydrogens (tertiary/aromatic N) is 2. The number of fused-ring (bicyclic) bond motifs is 2. The summed E-state index contributed by atoms with van der Waals surface area (Å²) in [7, 11) is 0. The third-order valence-electron chi connectivity index (χ3n) is 7.43. The minimum Gasteiger partial charge on any atom is -0.492 e. The molecule has 2 fully saturated rings. The maximum absolute atomic E-state index is 13.8. The fourth-order valence-electron chi connectivity index (χ4n) is 5.62. The van der Waals surface area contributed by atoms with Crippen LogP contribution >= 0.6 is 11.3 Å². The van der Waals surface area contributed by atoms with Gasteiger partial charge in [-0.2, -0.15) is 0 Å². The molecular weight excluding hydrogens is 458 g/mol. The second-order valence-corrected chi connectivity index (χ2v) is 11.1. The minimum atomic E-state index is -0.134. The van der Waals surface area contributed by atoms with Crippen LogP contribution in [-0.4, -0.2) is 47.4 Å². The van der Waals surface area contributed by atoms with Crippen LogP contribution < -0.4 is 10.1 Å². The molecule has 2 aliphatic heterocycles. The van der Waals surface area contributed by atoms with Crippen molar-refractivity contribution in [1.82, 2.24) is 15.2 Å². The van der Waals surface area contributed by atoms with Crippen LogP contribution in [0.3, 0.4) is 0 Å². The van der Waals surface area contributed by atoms with Crippen LogP contribution in [0.1, 0.15) is 49.8 Å². The van der Waals surface area contributed by atoms with E-state index >= 15 is 0 Å². The molecule has 35 heavy (non-hydrogen) atoms. The van der Waals surface area contributed by atoms with Crippen LogP contribution in [0.5, 0.6) is 5.75 Å². The molecule has 180 valence electrons. The molecule has 0 unspecified atom stereocenters. The molecule has 6 rings (SSSR count). The van der Waals surface area contributed by atoms with Gasteiger partial charge >= 0.3 is 0 Å². The number of benzene rings is 2. The van der Waals surface area contributed by atoms with Crippen LogP contribution in [0.25, 0.3) is 10.4 Å². The van der Waals surface area contributed by atoms with Crippen molar-refractivity contribution in [2.45, 2.75) is 39.2 Å². The van der Waals surface area contributed by atoms with Crippen molar-refractivity contribution in [2.24, 2.45) is 11.8 Å². The first kappa shape index (κ1) is 22.3. The summed E-state index contributed by atoms with van der Waals surface area (Å²) in [6.07, 6.45) is 3.03. The van der Waals surface area contributed by atoms with Crippen molar-refractivity contribution in [2.75, 3.05) is 19.7 Å². The smallest absolute Gasteiger partial charge is 0.274 e. The number of amides is 2. The number of piperidine rings is 1. The van der Waals surface area contributed by atoms with E-state index < -0.39 is 0 Å². The quantitative estimate of drug-likeness (QED) is 0.569. The number of thiazole rings is 1. The molecule has 0 spiro atoms. The van der Waals surface area contributed by atoms with E-state index in [1.807, 2.05) is 42.2 Å². The molecule has 3 atom stereocenters. The zero-order chi connectivity index (χ0) is 24.1. The topological polar surface area (TPSA) is 71.5 Å². The van der Waals surface area contributed by atoms with Gasteiger partial charge < -0.3 is 15.0 Å². The molecule has 6 nitrogen and oxygen atoms in total. The van der Waals surface area contributed by atoms with Crippen molar-refractivity contribution in [1.29, 1.82) is 0 Å². The second kappa shape index (κ2) is 8.79. The number of hydrogen-bond donors (Lipinski definition) is 1. The summed E-state index contributed by atoms with van der Waals surface area (Å²) in [4.78, 5) is 34.4. The van der Waals surface area contributed by atoms with Gasteiger partial charge in [-0.05, 0) is 62.1 Å². The Bertz CT molecular complexity index is 1320. The second-order valence-electron chi connectivity index (χ2n) is 9.92. The van der Waals surface area contributed by atoms with E-state index in [9.17, 15) is 9.59 Å². The SMILES string of the molecule is Cc1cccc(-c2sc(C)nc2C(=O)N2C[C@H]3C[C@H]3[C@H]2CNC(=O)c2cccc3c2OCCC3)c1. The highest BCUT2D eigenvalue weighted by Crippen LogP contribution is 2.50. The molecule has 3 aliphatic rings. The third-order valence-corrected chi connectivity index (χ3v) is 8.45. The van der Waals surface area contributed by atoms with Gasteiger partial charge in [-0.3, -0.25) is 9.59 Å². The highest BCUT2D eigenvalue weighted by molar-refractivity contribution is 7.15. The van der Waals surface area contributed by atoms with Gasteiger partial charge in [0.05, 0.1) is 28.1 Å². The minimum absolute atomic E-state index is 0.00993. The van der Waals surface area contributed by atoms with Crippen molar-refractivity contribution in [3.8, 4) is 16.2 Å². The van der Waals surface area contributed by atoms with Gasteiger partial charge in [-0.15, -0.1) is 11.3 Å². The number of carbonyl (C=O) groups excluding carboxylic acids is 2. The van der Waals surface area contributed by atoms with Gasteiger partial charge in [-0.25, -0.2) is 4.98 Å². The number of ether oxygens (including phenoxy) is 1. The van der Waals surface area contributed by atoms with Gasteiger partial charge in [0.2, 0.25) is 0 Å². The van der Waals surface area contributed by atoms with Gasteiger partial charge in [-0.1, -0.05) is 42.0 Å². The van der Waals surface area contributed by atoms with Gasteiger partial charge in [0.15, 0.2) is 0 Å². The maximum atomic E-state index is 13.8. The molecule has 3 aromatic rings. The van der Waals surface area contributed by atoms with E-state index in [-0.39, 0.29) is 17.9 Å². The Labute approximate surface area is 209 Å². The van der Waals surface area contributed by atoms with E-state index in [0.29, 0.717) is 42.0 Å². The number of carbonyl (C=O) groups is 2. The Morgan fingerprint density at radius 1 is 1.20 bits per heavy atom. The monoisotopic (exact) mass is 487 g/mol. The number of aryl methyl sites for hydroxylation is 3. The summed E-state index contributed by atoms with van der Waals surface area (Å²) >= 11 is 1.56. The van der Waals surface area contributed by atoms with Crippen molar-refractivity contribution >= 4 is 23.2 Å². The van der Waals surface area contributed by atoms with Gasteiger partial charge in [0, 0.05) is 13.1 Å². The summed E-state index contributed by atoms with van der Waals surface area (Å²) < 4.78 is 5.83. The standard InChI is InChI=1S/C28H29N3O3S/c1-16-6-3-8-19(12-16)26-24(30-17(2)35-26)28(33)31-15-20-13-22(20)23(31)14-29-27(32)21-10-4-7-18-9-5-11-34-25(18)21/h3-4,6-8,10,12,20,22-23H,5,9,11,13-15H2,1-2H3,(H,29,32)/t20-,22-,23-/m1/s1. The molecule has 2 aromatic carbocycles. The Hall–Kier alpha value is -3.19. The molecule has 0 bridgehead atoms. The maximum Gasteiger partial charge on any atom is 0.274 e. The van der Waals surface area contributed by atoms with Crippen LogP contribution in [0.4, 0.5) is 0 Å². The van der Waals surface area contributed by atoms with E-state index in [1.54, 1.807) is 11.3 Å². The lowest BCUT2D eigenvalue weighted by Gasteiger charge is -2.28. The average Bonchev–Trinajstić information content (AvgIpc) is 3.38. The Morgan fingerprint density at radius 3 is 2.91 bits per heavy atom. The lowest BCUT2D eigenvalue weighted by atomic mass is 10.0. The normalized spacial score (nSPS) is 22.2. The molecule has 3 heterocycles. The first-order valence-electron chi connectivity index (χ1n) is 12.4. The molecule has 1 N–H and O–H groups in total. The van der Waals surface area contributed by atoms with Crippen LogP contribution in [0.15, 0.2) is 42.5 Å². The highest BCUT2D eigenvalue weighted by atomic mass is 32.1. The summed E-state index contributed by atoms with van der Waals surface area (Å²) in [5.41, 5.74) is 4.39. The number of aromatic nitrogens is 1. The number of hydrogen-bond acceptors (Lipinski definition) is 5. The lowest BCUT2D eigenvalue weighted by molar-refractivity contribution is 0.0690. The van der Waals surface area contributed by atoms with E-state index in [4.69, 9.17) is 4.74 Å². The third kappa shape index (κ3) is 4.12. The zero-order valence-electron chi connectivity index (χ0n) is 20.0. The fourth-order valence-corrected chi connectivity index (χ4v) is 6.52. The Kier molecular flexibility index (Phi) is 5.60. The zero-order valence-corrected chi connectivity index (χ0v) is 20.9. The first-order valence-corrected chi connectivity index (χ1v) is 13.2. The predicted molar refractivity (Wildman–Crippen MR) is 136 cm³/mol. The largest absolute Gasteiger partial charge is 0.492 e. The summed E-state index contributed by atoms with van der Waals surface area (Å²) in [6.45, 7) is 5.82. The highest BCUT2D eigenvalue weighted by Gasteiger charge is 2.54. The van der Waals surface area contributed by atoms with E-state index in [1.165, 1.54) is 0 Å². The number of likely N-dealkylation sites (tertiary alicyclic amines) is 1. The van der Waals surface area contributed by atoms with Crippen molar-refractivity contribution < 1.29 is 14.3 Å². The summed E-state index contributed by atoms with van der Waals surface area (Å²) in [5, 5.41) is 4.00. The predicted octanol–water partition coefficient (Wildman–Crippen LogP) is 4.64. The van der Waals surface area contributed by atoms with Crippen LogP contribution in [0.2, 0.25) is 0 Å². The molecule has 1 saturated carbocycles. The molecule has 0 radical (unpaired) electrons. The Balaban J connectivity index is 1.21. The van der Waals surface area contributed by atoms with Crippen molar-refractivity contribution in [3.63, 3.8) is 0 Å². The van der Waals surface area contributed by atoms with Gasteiger partial charge in [0.25, 0.3) is 11.8 Å². The average molecular weight is 488 g/mol. The molecule has 7 heteroatoms. The summed E-state index contributed by atoms with van der Waals surface area (Å²) in [5.74, 6) is 1.52. The number of nitrogens with one attached hydrogen (secondary N) is 1. The Morgan fingerprint density at radius 2 is 2.06 bits per heavy atom. The number of rotatable bonds is 5. The van der Waals surface area contributed by atoms with Gasteiger partial charge in [0.1, 0.15) is 11.4 Å². The van der Waals surface area contributed by atoms with E-state index in [2.05, 4.69) is 29.4 Å². The van der Waals surface area contributed by atoms with Crippen LogP contribution in [-0.2, 0) is 6.42 Å². The molecule has 1 aliphatic carbocycles. The van der Waals surface area contributed by atoms with E-state index in [0.717, 1.165) is 52.4 Å². The molecule has 1 aromatic heterocycles. The number of para-hydroxylation sites is 1. The van der Waals surface area contributed by atoms with Crippen LogP contribution in [0, 0.1) is 25.7 Å². The fraction of sp³-hybridized carbons (Fsp3) is 0.393. The first-order chi connectivity index (χ1) is 17.0. The molecular formula is C28H29N3O3S. The summed E-state index contributed by atoms with van der Waals surface area (Å²) in [6, 6.07) is 14.0. The lowest BCUT2D eigenvalue weighted by Crippen LogP contribution is -2.45. The van der Waals surface area contributed by atoms with Crippen molar-refractivity contribution in [3.05, 3.63) is 69.9 Å². The molecule has 2 amide bonds.